The molecule has 2 aliphatic carbocycles. The molecule has 2 rings (SSSR count). The van der Waals surface area contributed by atoms with Gasteiger partial charge in [0.1, 0.15) is 0 Å². The van der Waals surface area contributed by atoms with Crippen molar-refractivity contribution in [2.75, 3.05) is 6.61 Å². The van der Waals surface area contributed by atoms with Crippen molar-refractivity contribution in [3.8, 4) is 0 Å². The van der Waals surface area contributed by atoms with Crippen LogP contribution in [0.5, 0.6) is 0 Å². The van der Waals surface area contributed by atoms with E-state index in [0.29, 0.717) is 24.1 Å². The second-order valence-electron chi connectivity index (χ2n) is 7.42. The van der Waals surface area contributed by atoms with Gasteiger partial charge in [0, 0.05) is 12.1 Å². The second-order valence-corrected chi connectivity index (χ2v) is 7.42. The Morgan fingerprint density at radius 2 is 1.85 bits per heavy atom. The van der Waals surface area contributed by atoms with E-state index in [9.17, 15) is 4.79 Å². The standard InChI is InChI=1S/C17H31NO2/c1-4-20-16(19)13-7-9-14(10-8-13)18-15-6-5-11-17(2,3)12-15/h13-15,18H,4-12H2,1-3H3. The normalized spacial score (nSPS) is 33.6. The summed E-state index contributed by atoms with van der Waals surface area (Å²) in [6, 6.07) is 1.29. The molecule has 0 heterocycles. The molecule has 1 atom stereocenters. The fourth-order valence-corrected chi connectivity index (χ4v) is 3.93. The Hall–Kier alpha value is -0.570. The van der Waals surface area contributed by atoms with Crippen LogP contribution in [0.1, 0.15) is 72.1 Å². The van der Waals surface area contributed by atoms with Gasteiger partial charge in [0.15, 0.2) is 0 Å². The van der Waals surface area contributed by atoms with Crippen molar-refractivity contribution in [3.63, 3.8) is 0 Å². The number of esters is 1. The van der Waals surface area contributed by atoms with E-state index in [1.165, 1.54) is 25.7 Å². The number of nitrogens with one attached hydrogen (secondary N) is 1. The molecule has 1 N–H and O–H groups in total. The average Bonchev–Trinajstić information content (AvgIpc) is 2.38. The number of ether oxygens (including phenoxy) is 1. The SMILES string of the molecule is CCOC(=O)C1CCC(NC2CCCC(C)(C)C2)CC1. The first-order chi connectivity index (χ1) is 9.50. The summed E-state index contributed by atoms with van der Waals surface area (Å²) in [5.74, 6) is 0.167. The van der Waals surface area contributed by atoms with Gasteiger partial charge in [-0.15, -0.1) is 0 Å². The Morgan fingerprint density at radius 1 is 1.15 bits per heavy atom. The van der Waals surface area contributed by atoms with Gasteiger partial charge in [-0.3, -0.25) is 4.79 Å². The molecule has 0 aromatic heterocycles. The predicted octanol–water partition coefficient (Wildman–Crippen LogP) is 3.67. The van der Waals surface area contributed by atoms with Crippen molar-refractivity contribution in [3.05, 3.63) is 0 Å². The molecule has 116 valence electrons. The van der Waals surface area contributed by atoms with E-state index in [1.54, 1.807) is 0 Å². The van der Waals surface area contributed by atoms with Crippen molar-refractivity contribution in [1.29, 1.82) is 0 Å². The summed E-state index contributed by atoms with van der Waals surface area (Å²) >= 11 is 0. The highest BCUT2D eigenvalue weighted by Gasteiger charge is 2.31. The minimum Gasteiger partial charge on any atom is -0.466 e. The van der Waals surface area contributed by atoms with Crippen LogP contribution in [0.25, 0.3) is 0 Å². The molecule has 2 fully saturated rings. The third-order valence-electron chi connectivity index (χ3n) is 5.02. The number of hydrogen-bond acceptors (Lipinski definition) is 3. The molecule has 0 radical (unpaired) electrons. The van der Waals surface area contributed by atoms with Crippen LogP contribution in [-0.2, 0) is 9.53 Å². The van der Waals surface area contributed by atoms with Crippen LogP contribution in [-0.4, -0.2) is 24.7 Å². The summed E-state index contributed by atoms with van der Waals surface area (Å²) in [6.45, 7) is 7.17. The zero-order valence-corrected chi connectivity index (χ0v) is 13.4. The molecule has 0 spiro atoms. The Bertz CT molecular complexity index is 319. The van der Waals surface area contributed by atoms with Crippen LogP contribution in [0, 0.1) is 11.3 Å². The molecule has 0 aromatic carbocycles. The molecule has 2 aliphatic rings. The van der Waals surface area contributed by atoms with Crippen molar-refractivity contribution < 1.29 is 9.53 Å². The van der Waals surface area contributed by atoms with Gasteiger partial charge in [-0.2, -0.15) is 0 Å². The highest BCUT2D eigenvalue weighted by Crippen LogP contribution is 2.36. The van der Waals surface area contributed by atoms with Gasteiger partial charge in [0.05, 0.1) is 12.5 Å². The van der Waals surface area contributed by atoms with E-state index in [-0.39, 0.29) is 11.9 Å². The lowest BCUT2D eigenvalue weighted by Gasteiger charge is -2.39. The van der Waals surface area contributed by atoms with E-state index in [4.69, 9.17) is 4.74 Å². The summed E-state index contributed by atoms with van der Waals surface area (Å²) in [5.41, 5.74) is 0.498. The monoisotopic (exact) mass is 281 g/mol. The van der Waals surface area contributed by atoms with Crippen molar-refractivity contribution >= 4 is 5.97 Å². The van der Waals surface area contributed by atoms with Gasteiger partial charge in [0.25, 0.3) is 0 Å². The lowest BCUT2D eigenvalue weighted by atomic mass is 9.74. The smallest absolute Gasteiger partial charge is 0.308 e. The average molecular weight is 281 g/mol. The van der Waals surface area contributed by atoms with Crippen LogP contribution < -0.4 is 5.32 Å². The Morgan fingerprint density at radius 3 is 2.45 bits per heavy atom. The molecule has 0 amide bonds. The lowest BCUT2D eigenvalue weighted by molar-refractivity contribution is -0.149. The van der Waals surface area contributed by atoms with E-state index in [0.717, 1.165) is 25.7 Å². The minimum absolute atomic E-state index is 0.0183. The Labute approximate surface area is 123 Å². The van der Waals surface area contributed by atoms with Crippen molar-refractivity contribution in [1.82, 2.24) is 5.32 Å². The quantitative estimate of drug-likeness (QED) is 0.799. The summed E-state index contributed by atoms with van der Waals surface area (Å²) < 4.78 is 5.13. The van der Waals surface area contributed by atoms with Gasteiger partial charge in [-0.05, 0) is 57.3 Å². The van der Waals surface area contributed by atoms with Crippen LogP contribution >= 0.6 is 0 Å². The van der Waals surface area contributed by atoms with Crippen LogP contribution in [0.3, 0.4) is 0 Å². The fourth-order valence-electron chi connectivity index (χ4n) is 3.93. The zero-order chi connectivity index (χ0) is 14.6. The largest absolute Gasteiger partial charge is 0.466 e. The highest BCUT2D eigenvalue weighted by atomic mass is 16.5. The van der Waals surface area contributed by atoms with Gasteiger partial charge in [-0.1, -0.05) is 20.3 Å². The first kappa shape index (κ1) is 15.8. The molecule has 1 unspecified atom stereocenters. The fraction of sp³-hybridized carbons (Fsp3) is 0.941. The van der Waals surface area contributed by atoms with E-state index in [2.05, 4.69) is 19.2 Å². The predicted molar refractivity (Wildman–Crippen MR) is 81.6 cm³/mol. The maximum Gasteiger partial charge on any atom is 0.308 e. The molecule has 2 saturated carbocycles. The first-order valence-corrected chi connectivity index (χ1v) is 8.43. The number of carbonyl (C=O) groups is 1. The molecule has 20 heavy (non-hydrogen) atoms. The van der Waals surface area contributed by atoms with Crippen molar-refractivity contribution in [2.24, 2.45) is 11.3 Å². The van der Waals surface area contributed by atoms with Gasteiger partial charge in [-0.25, -0.2) is 0 Å². The maximum atomic E-state index is 11.7. The summed E-state index contributed by atoms with van der Waals surface area (Å²) in [4.78, 5) is 11.7. The molecule has 0 saturated heterocycles. The summed E-state index contributed by atoms with van der Waals surface area (Å²) in [5, 5.41) is 3.85. The second kappa shape index (κ2) is 6.93. The maximum absolute atomic E-state index is 11.7. The van der Waals surface area contributed by atoms with E-state index in [1.807, 2.05) is 6.92 Å². The van der Waals surface area contributed by atoms with Gasteiger partial charge >= 0.3 is 5.97 Å². The van der Waals surface area contributed by atoms with Gasteiger partial charge < -0.3 is 10.1 Å². The third-order valence-corrected chi connectivity index (χ3v) is 5.02. The topological polar surface area (TPSA) is 38.3 Å². The first-order valence-electron chi connectivity index (χ1n) is 8.43. The summed E-state index contributed by atoms with van der Waals surface area (Å²) in [6.07, 6.45) is 9.57. The number of rotatable bonds is 4. The van der Waals surface area contributed by atoms with Gasteiger partial charge in [0.2, 0.25) is 0 Å². The third kappa shape index (κ3) is 4.47. The Balaban J connectivity index is 1.73. The zero-order valence-electron chi connectivity index (χ0n) is 13.4. The molecule has 0 aromatic rings. The molecule has 0 bridgehead atoms. The molecular formula is C17H31NO2. The summed E-state index contributed by atoms with van der Waals surface area (Å²) in [7, 11) is 0. The minimum atomic E-state index is 0.0183. The van der Waals surface area contributed by atoms with Crippen molar-refractivity contribution in [2.45, 2.75) is 84.2 Å². The van der Waals surface area contributed by atoms with Crippen LogP contribution in [0.15, 0.2) is 0 Å². The van der Waals surface area contributed by atoms with Crippen LogP contribution in [0.2, 0.25) is 0 Å². The Kier molecular flexibility index (Phi) is 5.48. The number of carbonyl (C=O) groups excluding carboxylic acids is 1. The molecule has 3 nitrogen and oxygen atoms in total. The number of hydrogen-bond donors (Lipinski definition) is 1. The van der Waals surface area contributed by atoms with Crippen LogP contribution in [0.4, 0.5) is 0 Å². The lowest BCUT2D eigenvalue weighted by Crippen LogP contribution is -2.44. The molecule has 3 heteroatoms. The molecule has 0 aliphatic heterocycles. The molecular weight excluding hydrogens is 250 g/mol. The van der Waals surface area contributed by atoms with E-state index >= 15 is 0 Å². The van der Waals surface area contributed by atoms with E-state index < -0.39 is 0 Å². The highest BCUT2D eigenvalue weighted by molar-refractivity contribution is 5.72.